The van der Waals surface area contributed by atoms with Crippen molar-refractivity contribution in [3.05, 3.63) is 57.8 Å². The van der Waals surface area contributed by atoms with E-state index in [1.54, 1.807) is 12.1 Å². The van der Waals surface area contributed by atoms with Crippen LogP contribution in [0.1, 0.15) is 11.1 Å². The van der Waals surface area contributed by atoms with E-state index in [2.05, 4.69) is 15.9 Å². The Bertz CT molecular complexity index is 652. The van der Waals surface area contributed by atoms with E-state index in [1.165, 1.54) is 12.1 Å². The zero-order valence-electron chi connectivity index (χ0n) is 9.86. The molecule has 0 aliphatic heterocycles. The minimum atomic E-state index is -0.556. The second kappa shape index (κ2) is 5.72. The van der Waals surface area contributed by atoms with E-state index >= 15 is 0 Å². The number of nitrogens with zero attached hydrogens (tertiary/aromatic N) is 1. The summed E-state index contributed by atoms with van der Waals surface area (Å²) in [7, 11) is 0. The number of rotatable bonds is 3. The van der Waals surface area contributed by atoms with Gasteiger partial charge in [-0.1, -0.05) is 12.1 Å². The molecule has 0 unspecified atom stereocenters. The number of anilines is 1. The predicted molar refractivity (Wildman–Crippen MR) is 74.0 cm³/mol. The van der Waals surface area contributed by atoms with Crippen LogP contribution in [-0.4, -0.2) is 0 Å². The number of ether oxygens (including phenoxy) is 1. The largest absolute Gasteiger partial charge is 0.486 e. The molecule has 0 saturated heterocycles. The summed E-state index contributed by atoms with van der Waals surface area (Å²) in [5.41, 5.74) is 7.43. The fraction of sp³-hybridized carbons (Fsp3) is 0.0714. The maximum atomic E-state index is 13.6. The molecule has 2 N–H and O–H groups in total. The smallest absolute Gasteiger partial charge is 0.166 e. The van der Waals surface area contributed by atoms with Crippen molar-refractivity contribution in [3.8, 4) is 11.8 Å². The van der Waals surface area contributed by atoms with Crippen LogP contribution >= 0.6 is 15.9 Å². The molecule has 0 spiro atoms. The van der Waals surface area contributed by atoms with Crippen LogP contribution in [0.25, 0.3) is 0 Å². The number of benzene rings is 2. The summed E-state index contributed by atoms with van der Waals surface area (Å²) < 4.78 is 19.7. The van der Waals surface area contributed by atoms with Gasteiger partial charge in [-0.25, -0.2) is 4.39 Å². The van der Waals surface area contributed by atoms with E-state index in [0.717, 1.165) is 16.1 Å². The van der Waals surface area contributed by atoms with Crippen molar-refractivity contribution >= 4 is 21.6 Å². The van der Waals surface area contributed by atoms with Gasteiger partial charge in [0.05, 0.1) is 11.6 Å². The molecule has 0 bridgehead atoms. The molecule has 0 radical (unpaired) electrons. The number of nitriles is 1. The molecule has 2 aromatic carbocycles. The molecule has 0 aromatic heterocycles. The van der Waals surface area contributed by atoms with E-state index in [-0.39, 0.29) is 17.9 Å². The van der Waals surface area contributed by atoms with Crippen molar-refractivity contribution in [2.45, 2.75) is 6.61 Å². The zero-order valence-corrected chi connectivity index (χ0v) is 11.4. The average molecular weight is 321 g/mol. The molecule has 0 saturated carbocycles. The highest BCUT2D eigenvalue weighted by Crippen LogP contribution is 2.26. The topological polar surface area (TPSA) is 59.0 Å². The number of halogens is 2. The lowest BCUT2D eigenvalue weighted by molar-refractivity contribution is 0.289. The third kappa shape index (κ3) is 3.04. The SMILES string of the molecule is N#Cc1ccc(OCc2cccc(N)c2Br)c(F)c1. The molecule has 19 heavy (non-hydrogen) atoms. The van der Waals surface area contributed by atoms with E-state index in [4.69, 9.17) is 15.7 Å². The minimum Gasteiger partial charge on any atom is -0.486 e. The Labute approximate surface area is 118 Å². The Morgan fingerprint density at radius 3 is 2.79 bits per heavy atom. The first kappa shape index (κ1) is 13.4. The number of nitrogen functional groups attached to an aromatic ring is 1. The lowest BCUT2D eigenvalue weighted by atomic mass is 10.2. The highest BCUT2D eigenvalue weighted by atomic mass is 79.9. The molecule has 2 aromatic rings. The fourth-order valence-electron chi connectivity index (χ4n) is 1.55. The first-order valence-corrected chi connectivity index (χ1v) is 6.26. The molecule has 0 amide bonds. The number of hydrogen-bond acceptors (Lipinski definition) is 3. The third-order valence-electron chi connectivity index (χ3n) is 2.55. The van der Waals surface area contributed by atoms with Crippen LogP contribution in [0, 0.1) is 17.1 Å². The summed E-state index contributed by atoms with van der Waals surface area (Å²) in [6, 6.07) is 11.3. The standard InChI is InChI=1S/C14H10BrFN2O/c15-14-10(2-1-3-12(14)18)8-19-13-5-4-9(7-17)6-11(13)16/h1-6H,8,18H2. The molecule has 3 nitrogen and oxygen atoms in total. The summed E-state index contributed by atoms with van der Waals surface area (Å²) in [5.74, 6) is -0.451. The lowest BCUT2D eigenvalue weighted by Gasteiger charge is -2.10. The van der Waals surface area contributed by atoms with Crippen molar-refractivity contribution in [2.75, 3.05) is 5.73 Å². The van der Waals surface area contributed by atoms with Crippen LogP contribution in [0.2, 0.25) is 0 Å². The average Bonchev–Trinajstić information content (AvgIpc) is 2.41. The van der Waals surface area contributed by atoms with Gasteiger partial charge in [0.25, 0.3) is 0 Å². The van der Waals surface area contributed by atoms with Crippen molar-refractivity contribution in [1.82, 2.24) is 0 Å². The van der Waals surface area contributed by atoms with Gasteiger partial charge in [0.1, 0.15) is 6.61 Å². The number of hydrogen-bond donors (Lipinski definition) is 1. The molecule has 96 valence electrons. The summed E-state index contributed by atoms with van der Waals surface area (Å²) >= 11 is 3.35. The molecule has 0 atom stereocenters. The Balaban J connectivity index is 2.15. The molecular formula is C14H10BrFN2O. The van der Waals surface area contributed by atoms with Crippen LogP contribution in [0.4, 0.5) is 10.1 Å². The first-order valence-electron chi connectivity index (χ1n) is 5.47. The zero-order chi connectivity index (χ0) is 13.8. The third-order valence-corrected chi connectivity index (χ3v) is 3.52. The highest BCUT2D eigenvalue weighted by Gasteiger charge is 2.07. The van der Waals surface area contributed by atoms with Crippen LogP contribution in [-0.2, 0) is 6.61 Å². The van der Waals surface area contributed by atoms with Crippen LogP contribution in [0.5, 0.6) is 5.75 Å². The first-order chi connectivity index (χ1) is 9.11. The van der Waals surface area contributed by atoms with E-state index in [0.29, 0.717) is 5.69 Å². The quantitative estimate of drug-likeness (QED) is 0.879. The van der Waals surface area contributed by atoms with Crippen LogP contribution < -0.4 is 10.5 Å². The molecule has 0 aliphatic carbocycles. The highest BCUT2D eigenvalue weighted by molar-refractivity contribution is 9.10. The summed E-state index contributed by atoms with van der Waals surface area (Å²) in [6.45, 7) is 0.189. The van der Waals surface area contributed by atoms with Gasteiger partial charge in [0.2, 0.25) is 0 Å². The maximum Gasteiger partial charge on any atom is 0.166 e. The fourth-order valence-corrected chi connectivity index (χ4v) is 1.93. The van der Waals surface area contributed by atoms with Crippen molar-refractivity contribution in [2.24, 2.45) is 0 Å². The predicted octanol–water partition coefficient (Wildman–Crippen LogP) is 3.62. The van der Waals surface area contributed by atoms with Gasteiger partial charge in [-0.15, -0.1) is 0 Å². The van der Waals surface area contributed by atoms with E-state index < -0.39 is 5.82 Å². The van der Waals surface area contributed by atoms with Gasteiger partial charge in [0.15, 0.2) is 11.6 Å². The second-order valence-corrected chi connectivity index (χ2v) is 4.66. The second-order valence-electron chi connectivity index (χ2n) is 3.87. The van der Waals surface area contributed by atoms with E-state index in [1.807, 2.05) is 12.1 Å². The van der Waals surface area contributed by atoms with Gasteiger partial charge < -0.3 is 10.5 Å². The molecule has 0 aliphatic rings. The summed E-state index contributed by atoms with van der Waals surface area (Å²) in [4.78, 5) is 0. The molecule has 0 heterocycles. The van der Waals surface area contributed by atoms with Crippen molar-refractivity contribution in [3.63, 3.8) is 0 Å². The lowest BCUT2D eigenvalue weighted by Crippen LogP contribution is -2.00. The maximum absolute atomic E-state index is 13.6. The minimum absolute atomic E-state index is 0.105. The Morgan fingerprint density at radius 1 is 1.32 bits per heavy atom. The Hall–Kier alpha value is -2.06. The number of nitrogens with two attached hydrogens (primary N) is 1. The Kier molecular flexibility index (Phi) is 4.03. The molecule has 2 rings (SSSR count). The van der Waals surface area contributed by atoms with Crippen molar-refractivity contribution < 1.29 is 9.13 Å². The molecule has 5 heteroatoms. The van der Waals surface area contributed by atoms with E-state index in [9.17, 15) is 4.39 Å². The molecular weight excluding hydrogens is 311 g/mol. The van der Waals surface area contributed by atoms with Crippen LogP contribution in [0.15, 0.2) is 40.9 Å². The summed E-state index contributed by atoms with van der Waals surface area (Å²) in [5, 5.41) is 8.65. The van der Waals surface area contributed by atoms with Gasteiger partial charge >= 0.3 is 0 Å². The van der Waals surface area contributed by atoms with Gasteiger partial charge in [0, 0.05) is 15.7 Å². The monoisotopic (exact) mass is 320 g/mol. The molecule has 0 fully saturated rings. The van der Waals surface area contributed by atoms with Crippen molar-refractivity contribution in [1.29, 1.82) is 5.26 Å². The van der Waals surface area contributed by atoms with Gasteiger partial charge in [-0.05, 0) is 40.2 Å². The Morgan fingerprint density at radius 2 is 2.11 bits per heavy atom. The van der Waals surface area contributed by atoms with Gasteiger partial charge in [-0.2, -0.15) is 5.26 Å². The van der Waals surface area contributed by atoms with Crippen LogP contribution in [0.3, 0.4) is 0 Å². The van der Waals surface area contributed by atoms with Gasteiger partial charge in [-0.3, -0.25) is 0 Å². The summed E-state index contributed by atoms with van der Waals surface area (Å²) in [6.07, 6.45) is 0. The normalized spacial score (nSPS) is 9.95.